The minimum atomic E-state index is 0.801. The van der Waals surface area contributed by atoms with Crippen molar-refractivity contribution in [1.29, 1.82) is 0 Å². The molecule has 10 heavy (non-hydrogen) atoms. The van der Waals surface area contributed by atoms with E-state index in [4.69, 9.17) is 16.7 Å². The molecule has 0 amide bonds. The third kappa shape index (κ3) is 3.49. The van der Waals surface area contributed by atoms with Gasteiger partial charge in [0.15, 0.2) is 0 Å². The van der Waals surface area contributed by atoms with Crippen molar-refractivity contribution >= 4 is 11.6 Å². The van der Waals surface area contributed by atoms with Crippen LogP contribution in [0.25, 0.3) is 0 Å². The summed E-state index contributed by atoms with van der Waals surface area (Å²) in [4.78, 5) is 0. The molecule has 0 spiro atoms. The van der Waals surface area contributed by atoms with Gasteiger partial charge in [-0.1, -0.05) is 29.3 Å². The lowest BCUT2D eigenvalue weighted by atomic mass is 10.2. The first-order valence-electron chi connectivity index (χ1n) is 2.96. The van der Waals surface area contributed by atoms with Gasteiger partial charge in [0, 0.05) is 12.1 Å². The Morgan fingerprint density at radius 3 is 1.80 bits per heavy atom. The SMILES string of the molecule is CO.Cc1ccc(Cl)cc1. The molecule has 0 bridgehead atoms. The maximum atomic E-state index is 7.00. The molecule has 0 aliphatic rings. The predicted molar refractivity (Wildman–Crippen MR) is 44.3 cm³/mol. The van der Waals surface area contributed by atoms with Crippen LogP contribution in [-0.4, -0.2) is 12.2 Å². The quantitative estimate of drug-likeness (QED) is 0.614. The largest absolute Gasteiger partial charge is 0.400 e. The van der Waals surface area contributed by atoms with Gasteiger partial charge in [-0.3, -0.25) is 0 Å². The van der Waals surface area contributed by atoms with Crippen molar-refractivity contribution in [2.45, 2.75) is 6.92 Å². The van der Waals surface area contributed by atoms with Crippen LogP contribution in [0.3, 0.4) is 0 Å². The smallest absolute Gasteiger partial charge is 0.0406 e. The molecule has 1 aromatic rings. The topological polar surface area (TPSA) is 20.2 Å². The van der Waals surface area contributed by atoms with Crippen LogP contribution in [0.2, 0.25) is 5.02 Å². The van der Waals surface area contributed by atoms with Crippen LogP contribution in [0.1, 0.15) is 5.56 Å². The molecular formula is C8H11ClO. The van der Waals surface area contributed by atoms with E-state index >= 15 is 0 Å². The molecule has 0 radical (unpaired) electrons. The number of halogens is 1. The van der Waals surface area contributed by atoms with Gasteiger partial charge in [0.2, 0.25) is 0 Å². The second-order valence-corrected chi connectivity index (χ2v) is 2.23. The summed E-state index contributed by atoms with van der Waals surface area (Å²) in [5, 5.41) is 7.80. The second-order valence-electron chi connectivity index (χ2n) is 1.80. The summed E-state index contributed by atoms with van der Waals surface area (Å²) in [6, 6.07) is 7.75. The molecule has 0 unspecified atom stereocenters. The van der Waals surface area contributed by atoms with E-state index in [0.717, 1.165) is 12.1 Å². The maximum absolute atomic E-state index is 7.00. The Balaban J connectivity index is 0.000000371. The fraction of sp³-hybridized carbons (Fsp3) is 0.250. The molecule has 0 heterocycles. The molecule has 0 aromatic heterocycles. The normalized spacial score (nSPS) is 8.00. The molecule has 1 nitrogen and oxygen atoms in total. The van der Waals surface area contributed by atoms with Gasteiger partial charge in [-0.25, -0.2) is 0 Å². The number of hydrogen-bond donors (Lipinski definition) is 1. The van der Waals surface area contributed by atoms with Crippen molar-refractivity contribution in [3.8, 4) is 0 Å². The summed E-state index contributed by atoms with van der Waals surface area (Å²) in [5.74, 6) is 0. The molecule has 0 saturated heterocycles. The lowest BCUT2D eigenvalue weighted by molar-refractivity contribution is 0.399. The van der Waals surface area contributed by atoms with Crippen molar-refractivity contribution in [2.24, 2.45) is 0 Å². The summed E-state index contributed by atoms with van der Waals surface area (Å²) in [6.45, 7) is 2.04. The van der Waals surface area contributed by atoms with E-state index in [-0.39, 0.29) is 0 Å². The number of hydrogen-bond acceptors (Lipinski definition) is 1. The van der Waals surface area contributed by atoms with E-state index in [1.807, 2.05) is 31.2 Å². The molecule has 1 rings (SSSR count). The van der Waals surface area contributed by atoms with Gasteiger partial charge in [-0.2, -0.15) is 0 Å². The Kier molecular flexibility index (Phi) is 4.99. The molecule has 1 N–H and O–H groups in total. The lowest BCUT2D eigenvalue weighted by Crippen LogP contribution is -1.66. The van der Waals surface area contributed by atoms with Crippen LogP contribution < -0.4 is 0 Å². The van der Waals surface area contributed by atoms with Crippen molar-refractivity contribution in [1.82, 2.24) is 0 Å². The number of benzene rings is 1. The monoisotopic (exact) mass is 158 g/mol. The molecule has 1 aromatic carbocycles. The molecule has 0 atom stereocenters. The molecule has 0 saturated carbocycles. The average molecular weight is 159 g/mol. The van der Waals surface area contributed by atoms with Gasteiger partial charge in [0.1, 0.15) is 0 Å². The first kappa shape index (κ1) is 9.47. The summed E-state index contributed by atoms with van der Waals surface area (Å²) < 4.78 is 0. The molecule has 0 aliphatic carbocycles. The average Bonchev–Trinajstić information content (AvgIpc) is 2.00. The van der Waals surface area contributed by atoms with Crippen LogP contribution >= 0.6 is 11.6 Å². The third-order valence-electron chi connectivity index (χ3n) is 1.01. The molecule has 56 valence electrons. The van der Waals surface area contributed by atoms with Gasteiger partial charge in [-0.05, 0) is 19.1 Å². The van der Waals surface area contributed by atoms with Crippen LogP contribution in [0.4, 0.5) is 0 Å². The van der Waals surface area contributed by atoms with Crippen LogP contribution in [0, 0.1) is 6.92 Å². The standard InChI is InChI=1S/C7H7Cl.CH4O/c1-6-2-4-7(8)5-3-6;1-2/h2-5H,1H3;2H,1H3. The van der Waals surface area contributed by atoms with E-state index < -0.39 is 0 Å². The first-order valence-corrected chi connectivity index (χ1v) is 3.34. The Labute approximate surface area is 66.3 Å². The van der Waals surface area contributed by atoms with E-state index in [1.54, 1.807) is 0 Å². The van der Waals surface area contributed by atoms with Crippen molar-refractivity contribution in [3.05, 3.63) is 34.9 Å². The molecular weight excluding hydrogens is 148 g/mol. The van der Waals surface area contributed by atoms with Crippen molar-refractivity contribution in [3.63, 3.8) is 0 Å². The Bertz CT molecular complexity index is 148. The zero-order valence-electron chi connectivity index (χ0n) is 6.13. The highest BCUT2D eigenvalue weighted by molar-refractivity contribution is 6.30. The predicted octanol–water partition coefficient (Wildman–Crippen LogP) is 2.26. The van der Waals surface area contributed by atoms with E-state index in [1.165, 1.54) is 5.56 Å². The number of aliphatic hydroxyl groups excluding tert-OH is 1. The summed E-state index contributed by atoms with van der Waals surface area (Å²) >= 11 is 5.61. The highest BCUT2D eigenvalue weighted by atomic mass is 35.5. The van der Waals surface area contributed by atoms with Gasteiger partial charge < -0.3 is 5.11 Å². The number of rotatable bonds is 0. The minimum Gasteiger partial charge on any atom is -0.400 e. The lowest BCUT2D eigenvalue weighted by Gasteiger charge is -1.88. The molecule has 0 aliphatic heterocycles. The summed E-state index contributed by atoms with van der Waals surface area (Å²) in [5.41, 5.74) is 1.24. The minimum absolute atomic E-state index is 0.801. The molecule has 2 heteroatoms. The maximum Gasteiger partial charge on any atom is 0.0406 e. The van der Waals surface area contributed by atoms with Crippen LogP contribution in [-0.2, 0) is 0 Å². The summed E-state index contributed by atoms with van der Waals surface area (Å²) in [6.07, 6.45) is 0. The van der Waals surface area contributed by atoms with E-state index in [0.29, 0.717) is 0 Å². The van der Waals surface area contributed by atoms with E-state index in [2.05, 4.69) is 0 Å². The van der Waals surface area contributed by atoms with Crippen molar-refractivity contribution in [2.75, 3.05) is 7.11 Å². The Morgan fingerprint density at radius 1 is 1.10 bits per heavy atom. The van der Waals surface area contributed by atoms with Gasteiger partial charge in [-0.15, -0.1) is 0 Å². The van der Waals surface area contributed by atoms with Gasteiger partial charge in [0.05, 0.1) is 0 Å². The summed E-state index contributed by atoms with van der Waals surface area (Å²) in [7, 11) is 1.00. The third-order valence-corrected chi connectivity index (χ3v) is 1.26. The van der Waals surface area contributed by atoms with Crippen LogP contribution in [0.15, 0.2) is 24.3 Å². The molecule has 0 fully saturated rings. The van der Waals surface area contributed by atoms with Gasteiger partial charge in [0.25, 0.3) is 0 Å². The van der Waals surface area contributed by atoms with Crippen LogP contribution in [0.5, 0.6) is 0 Å². The highest BCUT2D eigenvalue weighted by Crippen LogP contribution is 2.07. The zero-order chi connectivity index (χ0) is 7.98. The van der Waals surface area contributed by atoms with E-state index in [9.17, 15) is 0 Å². The Morgan fingerprint density at radius 2 is 1.50 bits per heavy atom. The highest BCUT2D eigenvalue weighted by Gasteiger charge is 1.81. The second kappa shape index (κ2) is 5.27. The fourth-order valence-electron chi connectivity index (χ4n) is 0.533. The van der Waals surface area contributed by atoms with Gasteiger partial charge >= 0.3 is 0 Å². The zero-order valence-corrected chi connectivity index (χ0v) is 6.89. The fourth-order valence-corrected chi connectivity index (χ4v) is 0.659. The first-order chi connectivity index (χ1) is 4.79. The Hall–Kier alpha value is -0.530. The number of aliphatic hydroxyl groups is 1. The van der Waals surface area contributed by atoms with Crippen molar-refractivity contribution < 1.29 is 5.11 Å². The number of aryl methyl sites for hydroxylation is 1.